The van der Waals surface area contributed by atoms with E-state index >= 15 is 0 Å². The summed E-state index contributed by atoms with van der Waals surface area (Å²) in [5.41, 5.74) is 1.42. The summed E-state index contributed by atoms with van der Waals surface area (Å²) in [7, 11) is 3.44. The molecule has 3 rings (SSSR count). The molecule has 25 heavy (non-hydrogen) atoms. The molecule has 0 spiro atoms. The Morgan fingerprint density at radius 2 is 2.00 bits per heavy atom. The molecule has 0 unspecified atom stereocenters. The second kappa shape index (κ2) is 6.78. The zero-order chi connectivity index (χ0) is 18.1. The van der Waals surface area contributed by atoms with E-state index in [2.05, 4.69) is 19.2 Å². The number of rotatable bonds is 3. The first-order chi connectivity index (χ1) is 11.9. The molecule has 1 fully saturated rings. The van der Waals surface area contributed by atoms with Gasteiger partial charge in [-0.25, -0.2) is 4.79 Å². The number of carbonyl (C=O) groups is 2. The van der Waals surface area contributed by atoms with Crippen LogP contribution in [0.1, 0.15) is 24.2 Å². The lowest BCUT2D eigenvalue weighted by atomic mass is 9.91. The SMILES string of the molecule is CC(C)[C@@H]1CN(C(=O)c2ccc3occc3c2)C[C@H]1NC(=O)N(C)C. The van der Waals surface area contributed by atoms with Gasteiger partial charge in [-0.1, -0.05) is 13.8 Å². The van der Waals surface area contributed by atoms with E-state index in [0.29, 0.717) is 24.6 Å². The van der Waals surface area contributed by atoms with Gasteiger partial charge in [0.15, 0.2) is 0 Å². The first-order valence-corrected chi connectivity index (χ1v) is 8.61. The Bertz CT molecular complexity index is 781. The molecule has 1 saturated heterocycles. The Kier molecular flexibility index (Phi) is 4.70. The quantitative estimate of drug-likeness (QED) is 0.932. The minimum atomic E-state index is -0.121. The number of urea groups is 1. The summed E-state index contributed by atoms with van der Waals surface area (Å²) in [6.45, 7) is 5.44. The molecule has 1 aliphatic rings. The number of benzene rings is 1. The summed E-state index contributed by atoms with van der Waals surface area (Å²) < 4.78 is 5.33. The van der Waals surface area contributed by atoms with Crippen LogP contribution >= 0.6 is 0 Å². The third kappa shape index (κ3) is 3.48. The Morgan fingerprint density at radius 1 is 1.24 bits per heavy atom. The summed E-state index contributed by atoms with van der Waals surface area (Å²) in [6.07, 6.45) is 1.62. The summed E-state index contributed by atoms with van der Waals surface area (Å²) in [6, 6.07) is 7.18. The van der Waals surface area contributed by atoms with Crippen molar-refractivity contribution in [3.05, 3.63) is 36.1 Å². The molecule has 1 N–H and O–H groups in total. The van der Waals surface area contributed by atoms with E-state index in [1.807, 2.05) is 23.1 Å². The van der Waals surface area contributed by atoms with Crippen LogP contribution in [-0.2, 0) is 0 Å². The highest BCUT2D eigenvalue weighted by Gasteiger charge is 2.38. The van der Waals surface area contributed by atoms with Gasteiger partial charge in [-0.15, -0.1) is 0 Å². The molecule has 0 aliphatic carbocycles. The average molecular weight is 343 g/mol. The fraction of sp³-hybridized carbons (Fsp3) is 0.474. The van der Waals surface area contributed by atoms with Gasteiger partial charge in [0, 0.05) is 44.1 Å². The molecule has 1 aliphatic heterocycles. The van der Waals surface area contributed by atoms with E-state index < -0.39 is 0 Å². The second-order valence-electron chi connectivity index (χ2n) is 7.24. The van der Waals surface area contributed by atoms with Crippen LogP contribution in [0.2, 0.25) is 0 Å². The van der Waals surface area contributed by atoms with Gasteiger partial charge in [-0.05, 0) is 30.2 Å². The van der Waals surface area contributed by atoms with E-state index in [9.17, 15) is 9.59 Å². The third-order valence-corrected chi connectivity index (χ3v) is 4.92. The van der Waals surface area contributed by atoms with Gasteiger partial charge in [0.05, 0.1) is 12.3 Å². The topological polar surface area (TPSA) is 65.8 Å². The van der Waals surface area contributed by atoms with Crippen LogP contribution in [0, 0.1) is 11.8 Å². The number of hydrogen-bond donors (Lipinski definition) is 1. The molecule has 0 saturated carbocycles. The summed E-state index contributed by atoms with van der Waals surface area (Å²) in [5, 5.41) is 3.97. The summed E-state index contributed by atoms with van der Waals surface area (Å²) in [5.74, 6) is 0.613. The molecule has 1 aromatic carbocycles. The molecule has 0 bridgehead atoms. The van der Waals surface area contributed by atoms with Crippen molar-refractivity contribution in [1.82, 2.24) is 15.1 Å². The van der Waals surface area contributed by atoms with E-state index in [1.165, 1.54) is 4.90 Å². The lowest BCUT2D eigenvalue weighted by Crippen LogP contribution is -2.46. The van der Waals surface area contributed by atoms with Gasteiger partial charge in [-0.3, -0.25) is 4.79 Å². The first kappa shape index (κ1) is 17.3. The highest BCUT2D eigenvalue weighted by Crippen LogP contribution is 2.27. The third-order valence-electron chi connectivity index (χ3n) is 4.92. The molecular formula is C19H25N3O3. The number of nitrogens with one attached hydrogen (secondary N) is 1. The fourth-order valence-electron chi connectivity index (χ4n) is 3.39. The van der Waals surface area contributed by atoms with E-state index in [0.717, 1.165) is 11.0 Å². The zero-order valence-corrected chi connectivity index (χ0v) is 15.2. The Labute approximate surface area is 147 Å². The Hall–Kier alpha value is -2.50. The van der Waals surface area contributed by atoms with Gasteiger partial charge in [0.25, 0.3) is 5.91 Å². The monoisotopic (exact) mass is 343 g/mol. The van der Waals surface area contributed by atoms with Crippen LogP contribution in [0.5, 0.6) is 0 Å². The van der Waals surface area contributed by atoms with Crippen LogP contribution in [0.3, 0.4) is 0 Å². The Morgan fingerprint density at radius 3 is 2.68 bits per heavy atom. The van der Waals surface area contributed by atoms with Crippen molar-refractivity contribution < 1.29 is 14.0 Å². The van der Waals surface area contributed by atoms with Crippen LogP contribution < -0.4 is 5.32 Å². The van der Waals surface area contributed by atoms with Crippen molar-refractivity contribution in [2.75, 3.05) is 27.2 Å². The maximum atomic E-state index is 12.9. The molecule has 2 atom stereocenters. The van der Waals surface area contributed by atoms with Crippen molar-refractivity contribution in [3.8, 4) is 0 Å². The first-order valence-electron chi connectivity index (χ1n) is 8.61. The second-order valence-corrected chi connectivity index (χ2v) is 7.24. The molecule has 134 valence electrons. The van der Waals surface area contributed by atoms with Crippen molar-refractivity contribution in [1.29, 1.82) is 0 Å². The molecule has 2 heterocycles. The van der Waals surface area contributed by atoms with Crippen molar-refractivity contribution in [2.24, 2.45) is 11.8 Å². The highest BCUT2D eigenvalue weighted by molar-refractivity contribution is 5.98. The van der Waals surface area contributed by atoms with E-state index in [-0.39, 0.29) is 23.9 Å². The number of carbonyl (C=O) groups excluding carboxylic acids is 2. The Balaban J connectivity index is 1.77. The minimum Gasteiger partial charge on any atom is -0.464 e. The normalized spacial score (nSPS) is 20.3. The predicted octanol–water partition coefficient (Wildman–Crippen LogP) is 2.80. The largest absolute Gasteiger partial charge is 0.464 e. The van der Waals surface area contributed by atoms with Gasteiger partial charge in [-0.2, -0.15) is 0 Å². The molecule has 1 aromatic heterocycles. The van der Waals surface area contributed by atoms with Gasteiger partial charge >= 0.3 is 6.03 Å². The van der Waals surface area contributed by atoms with Crippen LogP contribution in [0.15, 0.2) is 34.9 Å². The van der Waals surface area contributed by atoms with Crippen molar-refractivity contribution in [2.45, 2.75) is 19.9 Å². The van der Waals surface area contributed by atoms with Crippen molar-refractivity contribution in [3.63, 3.8) is 0 Å². The number of furan rings is 1. The molecule has 6 nitrogen and oxygen atoms in total. The van der Waals surface area contributed by atoms with Gasteiger partial charge < -0.3 is 19.5 Å². The highest BCUT2D eigenvalue weighted by atomic mass is 16.3. The number of likely N-dealkylation sites (tertiary alicyclic amines) is 1. The van der Waals surface area contributed by atoms with Crippen LogP contribution in [0.25, 0.3) is 11.0 Å². The van der Waals surface area contributed by atoms with E-state index in [4.69, 9.17) is 4.42 Å². The van der Waals surface area contributed by atoms with Gasteiger partial charge in [0.1, 0.15) is 5.58 Å². The molecule has 3 amide bonds. The number of hydrogen-bond acceptors (Lipinski definition) is 3. The predicted molar refractivity (Wildman–Crippen MR) is 96.5 cm³/mol. The molecule has 0 radical (unpaired) electrons. The fourth-order valence-corrected chi connectivity index (χ4v) is 3.39. The lowest BCUT2D eigenvalue weighted by molar-refractivity contribution is 0.0782. The van der Waals surface area contributed by atoms with Gasteiger partial charge in [0.2, 0.25) is 0 Å². The summed E-state index contributed by atoms with van der Waals surface area (Å²) >= 11 is 0. The summed E-state index contributed by atoms with van der Waals surface area (Å²) in [4.78, 5) is 28.3. The molecule has 2 aromatic rings. The standard InChI is InChI=1S/C19H25N3O3/c1-12(2)15-10-22(11-16(15)20-19(24)21(3)4)18(23)14-5-6-17-13(9-14)7-8-25-17/h5-9,12,15-16H,10-11H2,1-4H3,(H,20,24)/t15-,16+/m0/s1. The number of fused-ring (bicyclic) bond motifs is 1. The number of nitrogens with zero attached hydrogens (tertiary/aromatic N) is 2. The van der Waals surface area contributed by atoms with Crippen LogP contribution in [-0.4, -0.2) is 55.0 Å². The lowest BCUT2D eigenvalue weighted by Gasteiger charge is -2.24. The average Bonchev–Trinajstić information content (AvgIpc) is 3.19. The maximum absolute atomic E-state index is 12.9. The maximum Gasteiger partial charge on any atom is 0.317 e. The zero-order valence-electron chi connectivity index (χ0n) is 15.2. The molecule has 6 heteroatoms. The van der Waals surface area contributed by atoms with E-state index in [1.54, 1.807) is 26.4 Å². The minimum absolute atomic E-state index is 0.00430. The van der Waals surface area contributed by atoms with Crippen LogP contribution in [0.4, 0.5) is 4.79 Å². The van der Waals surface area contributed by atoms with Crippen molar-refractivity contribution >= 4 is 22.9 Å². The smallest absolute Gasteiger partial charge is 0.317 e. The molecular weight excluding hydrogens is 318 g/mol. The number of amides is 3.